The highest BCUT2D eigenvalue weighted by Crippen LogP contribution is 2.31. The Morgan fingerprint density at radius 3 is 1.32 bits per heavy atom. The first-order valence-electron chi connectivity index (χ1n) is 14.9. The standard InChI is InChI=1S/C30H55NO6/c1-5-9-10-11-12-13-14-15-16-17-18-19-20-21-22-23-24-31(25(6-2)28(32)33,26(7-3)29(34)35)27(8-4)30(36)37/h22-23,25-27H,5-21,24H2,1-4H3,(H2-,32,33,34,35,36,37)/b23-22+. The number of quaternary nitrogens is 1. The average molecular weight is 526 g/mol. The van der Waals surface area contributed by atoms with Crippen LogP contribution in [0.4, 0.5) is 0 Å². The molecule has 7 nitrogen and oxygen atoms in total. The molecular weight excluding hydrogens is 470 g/mol. The summed E-state index contributed by atoms with van der Waals surface area (Å²) in [6, 6.07) is -3.52. The van der Waals surface area contributed by atoms with Gasteiger partial charge in [-0.15, -0.1) is 0 Å². The summed E-state index contributed by atoms with van der Waals surface area (Å²) in [6.45, 7) is 7.27. The van der Waals surface area contributed by atoms with E-state index in [1.54, 1.807) is 26.8 Å². The second-order valence-corrected chi connectivity index (χ2v) is 10.4. The van der Waals surface area contributed by atoms with Gasteiger partial charge in [-0.1, -0.05) is 111 Å². The van der Waals surface area contributed by atoms with Crippen LogP contribution in [0.25, 0.3) is 0 Å². The van der Waals surface area contributed by atoms with Crippen LogP contribution in [0.2, 0.25) is 0 Å². The SMILES string of the molecule is CCCCCCCCCCCCCCC/C=C/C[N+](C(CC)C(=O)[O-])(C(CC)C(=O)O)C(CC)C(=O)O. The Hall–Kier alpha value is -1.89. The molecule has 0 fully saturated rings. The van der Waals surface area contributed by atoms with Crippen LogP contribution in [0.15, 0.2) is 12.2 Å². The predicted octanol–water partition coefficient (Wildman–Crippen LogP) is 6.10. The fourth-order valence-electron chi connectivity index (χ4n) is 5.83. The first kappa shape index (κ1) is 35.1. The molecule has 0 saturated carbocycles. The highest BCUT2D eigenvalue weighted by molar-refractivity contribution is 5.77. The number of carboxylic acids is 3. The molecule has 7 heteroatoms. The number of carbonyl (C=O) groups is 3. The van der Waals surface area contributed by atoms with Gasteiger partial charge < -0.3 is 20.1 Å². The first-order chi connectivity index (χ1) is 17.7. The maximum Gasteiger partial charge on any atom is 0.362 e. The van der Waals surface area contributed by atoms with Crippen molar-refractivity contribution in [3.8, 4) is 0 Å². The predicted molar refractivity (Wildman–Crippen MR) is 147 cm³/mol. The van der Waals surface area contributed by atoms with Crippen molar-refractivity contribution in [1.29, 1.82) is 0 Å². The summed E-state index contributed by atoms with van der Waals surface area (Å²) in [6.07, 6.45) is 21.6. The Labute approximate surface area is 225 Å². The number of carbonyl (C=O) groups excluding carboxylic acids is 1. The summed E-state index contributed by atoms with van der Waals surface area (Å²) in [4.78, 5) is 36.5. The third-order valence-corrected chi connectivity index (χ3v) is 7.81. The number of rotatable bonds is 25. The van der Waals surface area contributed by atoms with Crippen LogP contribution in [-0.2, 0) is 14.4 Å². The van der Waals surface area contributed by atoms with Gasteiger partial charge in [0.05, 0.1) is 12.5 Å². The van der Waals surface area contributed by atoms with E-state index < -0.39 is 40.5 Å². The Morgan fingerprint density at radius 1 is 0.622 bits per heavy atom. The van der Waals surface area contributed by atoms with E-state index in [-0.39, 0.29) is 25.8 Å². The topological polar surface area (TPSA) is 115 Å². The molecule has 0 aromatic carbocycles. The fraction of sp³-hybridized carbons (Fsp3) is 0.833. The smallest absolute Gasteiger partial charge is 0.362 e. The average Bonchev–Trinajstić information content (AvgIpc) is 2.84. The van der Waals surface area contributed by atoms with Gasteiger partial charge in [0.25, 0.3) is 0 Å². The summed E-state index contributed by atoms with van der Waals surface area (Å²) in [7, 11) is 0. The second kappa shape index (κ2) is 21.1. The van der Waals surface area contributed by atoms with Crippen LogP contribution in [0, 0.1) is 0 Å². The maximum atomic E-state index is 12.2. The zero-order valence-corrected chi connectivity index (χ0v) is 24.1. The molecule has 0 aliphatic heterocycles. The fourth-order valence-corrected chi connectivity index (χ4v) is 5.83. The molecule has 0 aromatic rings. The van der Waals surface area contributed by atoms with Crippen molar-refractivity contribution in [3.05, 3.63) is 12.2 Å². The highest BCUT2D eigenvalue weighted by atomic mass is 16.4. The molecule has 0 aliphatic carbocycles. The number of hydrogen-bond acceptors (Lipinski definition) is 4. The second-order valence-electron chi connectivity index (χ2n) is 10.4. The van der Waals surface area contributed by atoms with Crippen molar-refractivity contribution in [2.45, 2.75) is 155 Å². The molecule has 0 rings (SSSR count). The number of aliphatic carboxylic acids is 3. The molecule has 37 heavy (non-hydrogen) atoms. The number of carboxylic acid groups (broad SMARTS) is 3. The van der Waals surface area contributed by atoms with Crippen LogP contribution >= 0.6 is 0 Å². The summed E-state index contributed by atoms with van der Waals surface area (Å²) >= 11 is 0. The Kier molecular flexibility index (Phi) is 20.0. The molecule has 0 aliphatic rings. The van der Waals surface area contributed by atoms with Crippen molar-refractivity contribution in [2.75, 3.05) is 6.54 Å². The van der Waals surface area contributed by atoms with E-state index in [0.717, 1.165) is 19.3 Å². The van der Waals surface area contributed by atoms with Crippen LogP contribution in [0.5, 0.6) is 0 Å². The lowest BCUT2D eigenvalue weighted by Gasteiger charge is -2.51. The molecule has 0 radical (unpaired) electrons. The van der Waals surface area contributed by atoms with E-state index in [0.29, 0.717) is 0 Å². The molecular formula is C30H55NO6. The Bertz CT molecular complexity index is 607. The minimum atomic E-state index is -1.40. The molecule has 3 atom stereocenters. The molecule has 3 unspecified atom stereocenters. The van der Waals surface area contributed by atoms with Gasteiger partial charge in [0, 0.05) is 19.3 Å². The van der Waals surface area contributed by atoms with E-state index in [2.05, 4.69) is 6.92 Å². The highest BCUT2D eigenvalue weighted by Gasteiger charge is 2.53. The summed E-state index contributed by atoms with van der Waals surface area (Å²) in [5.41, 5.74) is 0. The molecule has 2 N–H and O–H groups in total. The van der Waals surface area contributed by atoms with Crippen LogP contribution in [0.1, 0.15) is 137 Å². The van der Waals surface area contributed by atoms with Crippen LogP contribution < -0.4 is 5.11 Å². The number of unbranched alkanes of at least 4 members (excludes halogenated alkanes) is 13. The number of nitrogens with zero attached hydrogens (tertiary/aromatic N) is 1. The molecule has 0 aromatic heterocycles. The van der Waals surface area contributed by atoms with Gasteiger partial charge in [0.1, 0.15) is 6.04 Å². The van der Waals surface area contributed by atoms with Crippen molar-refractivity contribution < 1.29 is 34.2 Å². The van der Waals surface area contributed by atoms with E-state index in [4.69, 9.17) is 0 Å². The number of allylic oxidation sites excluding steroid dienone is 1. The minimum Gasteiger partial charge on any atom is -0.544 e. The third-order valence-electron chi connectivity index (χ3n) is 7.81. The quantitative estimate of drug-likeness (QED) is 0.0846. The van der Waals surface area contributed by atoms with E-state index >= 15 is 0 Å². The minimum absolute atomic E-state index is 0.0422. The summed E-state index contributed by atoms with van der Waals surface area (Å²) in [5, 5.41) is 32.0. The molecule has 0 amide bonds. The molecule has 0 saturated heterocycles. The van der Waals surface area contributed by atoms with E-state index in [1.807, 2.05) is 6.08 Å². The molecule has 216 valence electrons. The molecule has 0 bridgehead atoms. The van der Waals surface area contributed by atoms with Gasteiger partial charge in [-0.05, 0) is 18.9 Å². The van der Waals surface area contributed by atoms with Crippen LogP contribution in [0.3, 0.4) is 0 Å². The lowest BCUT2D eigenvalue weighted by molar-refractivity contribution is -0.969. The Balaban J connectivity index is 4.86. The monoisotopic (exact) mass is 525 g/mol. The van der Waals surface area contributed by atoms with Crippen molar-refractivity contribution in [1.82, 2.24) is 0 Å². The zero-order valence-electron chi connectivity index (χ0n) is 24.1. The lowest BCUT2D eigenvalue weighted by atomic mass is 9.94. The van der Waals surface area contributed by atoms with Gasteiger partial charge >= 0.3 is 11.9 Å². The van der Waals surface area contributed by atoms with Crippen molar-refractivity contribution in [2.24, 2.45) is 0 Å². The van der Waals surface area contributed by atoms with Crippen molar-refractivity contribution in [3.63, 3.8) is 0 Å². The normalized spacial score (nSPS) is 15.8. The van der Waals surface area contributed by atoms with Gasteiger partial charge in [0.15, 0.2) is 12.1 Å². The van der Waals surface area contributed by atoms with Gasteiger partial charge in [-0.25, -0.2) is 9.59 Å². The van der Waals surface area contributed by atoms with Gasteiger partial charge in [0.2, 0.25) is 0 Å². The number of hydrogen-bond donors (Lipinski definition) is 2. The first-order valence-corrected chi connectivity index (χ1v) is 14.9. The van der Waals surface area contributed by atoms with Gasteiger partial charge in [-0.2, -0.15) is 0 Å². The van der Waals surface area contributed by atoms with E-state index in [9.17, 15) is 29.7 Å². The van der Waals surface area contributed by atoms with Crippen LogP contribution in [-0.4, -0.2) is 57.3 Å². The van der Waals surface area contributed by atoms with E-state index in [1.165, 1.54) is 70.6 Å². The lowest BCUT2D eigenvalue weighted by Crippen LogP contribution is -2.73. The van der Waals surface area contributed by atoms with Crippen molar-refractivity contribution >= 4 is 17.9 Å². The maximum absolute atomic E-state index is 12.2. The molecule has 0 spiro atoms. The largest absolute Gasteiger partial charge is 0.544 e. The Morgan fingerprint density at radius 2 is 1.00 bits per heavy atom. The summed E-state index contributed by atoms with van der Waals surface area (Å²) < 4.78 is -0.550. The zero-order chi connectivity index (χ0) is 28.1. The molecule has 0 heterocycles. The summed E-state index contributed by atoms with van der Waals surface area (Å²) in [5.74, 6) is -3.75. The van der Waals surface area contributed by atoms with Gasteiger partial charge in [-0.3, -0.25) is 4.48 Å². The third kappa shape index (κ3) is 12.5.